The van der Waals surface area contributed by atoms with E-state index in [1.54, 1.807) is 17.8 Å². The van der Waals surface area contributed by atoms with Crippen LogP contribution in [0.15, 0.2) is 23.1 Å². The van der Waals surface area contributed by atoms with Crippen molar-refractivity contribution in [1.82, 2.24) is 9.78 Å². The summed E-state index contributed by atoms with van der Waals surface area (Å²) in [7, 11) is 0. The average molecular weight is 330 g/mol. The van der Waals surface area contributed by atoms with Gasteiger partial charge in [-0.1, -0.05) is 30.1 Å². The Bertz CT molecular complexity index is 611. The number of nitrogen functional groups attached to an aromatic ring is 1. The van der Waals surface area contributed by atoms with E-state index in [-0.39, 0.29) is 0 Å². The van der Waals surface area contributed by atoms with Crippen molar-refractivity contribution in [2.75, 3.05) is 5.73 Å². The van der Waals surface area contributed by atoms with Gasteiger partial charge in [-0.25, -0.2) is 0 Å². The van der Waals surface area contributed by atoms with Gasteiger partial charge in [-0.2, -0.15) is 5.10 Å². The van der Waals surface area contributed by atoms with Gasteiger partial charge in [0.25, 0.3) is 0 Å². The fourth-order valence-electron chi connectivity index (χ4n) is 1.94. The summed E-state index contributed by atoms with van der Waals surface area (Å²) in [5, 5.41) is 5.96. The molecule has 0 spiro atoms. The minimum Gasteiger partial charge on any atom is -0.399 e. The second kappa shape index (κ2) is 6.74. The van der Waals surface area contributed by atoms with Gasteiger partial charge >= 0.3 is 0 Å². The Balaban J connectivity index is 2.20. The lowest BCUT2D eigenvalue weighted by Crippen LogP contribution is -2.01. The third-order valence-corrected chi connectivity index (χ3v) is 4.96. The second-order valence-corrected chi connectivity index (χ2v) is 6.16. The summed E-state index contributed by atoms with van der Waals surface area (Å²) < 4.78 is 1.96. The molecule has 0 aliphatic carbocycles. The van der Waals surface area contributed by atoms with Gasteiger partial charge < -0.3 is 5.73 Å². The van der Waals surface area contributed by atoms with Crippen molar-refractivity contribution in [1.29, 1.82) is 0 Å². The molecule has 0 bridgehead atoms. The molecule has 0 atom stereocenters. The average Bonchev–Trinajstić information content (AvgIpc) is 2.74. The van der Waals surface area contributed by atoms with Crippen LogP contribution in [0.2, 0.25) is 10.0 Å². The molecular weight excluding hydrogens is 313 g/mol. The summed E-state index contributed by atoms with van der Waals surface area (Å²) in [6.07, 6.45) is 0.839. The van der Waals surface area contributed by atoms with E-state index in [9.17, 15) is 0 Å². The third kappa shape index (κ3) is 3.25. The minimum absolute atomic E-state index is 0.671. The van der Waals surface area contributed by atoms with Gasteiger partial charge in [0.15, 0.2) is 0 Å². The lowest BCUT2D eigenvalue weighted by Gasteiger charge is -2.07. The van der Waals surface area contributed by atoms with E-state index >= 15 is 0 Å². The van der Waals surface area contributed by atoms with Crippen molar-refractivity contribution in [3.8, 4) is 0 Å². The molecule has 0 amide bonds. The van der Waals surface area contributed by atoms with E-state index in [4.69, 9.17) is 28.9 Å². The number of rotatable bonds is 5. The molecule has 20 heavy (non-hydrogen) atoms. The maximum atomic E-state index is 6.39. The molecule has 1 heterocycles. The van der Waals surface area contributed by atoms with E-state index in [2.05, 4.69) is 18.9 Å². The highest BCUT2D eigenvalue weighted by Crippen LogP contribution is 2.33. The van der Waals surface area contributed by atoms with Crippen LogP contribution >= 0.6 is 35.0 Å². The van der Waals surface area contributed by atoms with Crippen LogP contribution < -0.4 is 5.73 Å². The van der Waals surface area contributed by atoms with Crippen molar-refractivity contribution in [3.05, 3.63) is 39.6 Å². The van der Waals surface area contributed by atoms with Crippen molar-refractivity contribution in [2.45, 2.75) is 37.5 Å². The number of hydrogen-bond donors (Lipinski definition) is 1. The van der Waals surface area contributed by atoms with Crippen LogP contribution in [0.3, 0.4) is 0 Å². The number of nitrogens with two attached hydrogens (primary N) is 1. The van der Waals surface area contributed by atoms with Gasteiger partial charge in [0, 0.05) is 22.9 Å². The molecule has 108 valence electrons. The molecule has 0 fully saturated rings. The highest BCUT2D eigenvalue weighted by Gasteiger charge is 2.15. The van der Waals surface area contributed by atoms with Crippen LogP contribution in [0.1, 0.15) is 25.2 Å². The van der Waals surface area contributed by atoms with Gasteiger partial charge in [-0.05, 0) is 31.5 Å². The summed E-state index contributed by atoms with van der Waals surface area (Å²) in [6.45, 7) is 4.93. The van der Waals surface area contributed by atoms with Crippen LogP contribution in [0.25, 0.3) is 0 Å². The van der Waals surface area contributed by atoms with Gasteiger partial charge in [0.1, 0.15) is 0 Å². The number of thioether (sulfide) groups is 1. The Labute approximate surface area is 133 Å². The summed E-state index contributed by atoms with van der Waals surface area (Å²) in [4.78, 5) is 0.999. The van der Waals surface area contributed by atoms with Gasteiger partial charge in [-0.15, -0.1) is 11.8 Å². The van der Waals surface area contributed by atoms with Crippen molar-refractivity contribution in [3.63, 3.8) is 0 Å². The SMILES string of the molecule is CCc1nn(CC)c(CSc2ccc(N)cc2Cl)c1Cl. The Kier molecular flexibility index (Phi) is 5.24. The topological polar surface area (TPSA) is 43.8 Å². The Morgan fingerprint density at radius 2 is 2.05 bits per heavy atom. The maximum absolute atomic E-state index is 6.39. The number of halogens is 2. The van der Waals surface area contributed by atoms with Gasteiger partial charge in [0.2, 0.25) is 0 Å². The predicted octanol–water partition coefficient (Wildman–Crippen LogP) is 4.65. The largest absolute Gasteiger partial charge is 0.399 e. The Hall–Kier alpha value is -0.840. The molecule has 0 aliphatic rings. The lowest BCUT2D eigenvalue weighted by molar-refractivity contribution is 0.628. The van der Waals surface area contributed by atoms with E-state index in [1.807, 2.05) is 16.8 Å². The molecule has 0 saturated carbocycles. The Morgan fingerprint density at radius 1 is 1.30 bits per heavy atom. The molecule has 3 nitrogen and oxygen atoms in total. The first-order valence-electron chi connectivity index (χ1n) is 6.48. The zero-order valence-corrected chi connectivity index (χ0v) is 13.8. The van der Waals surface area contributed by atoms with E-state index in [0.29, 0.717) is 10.7 Å². The molecule has 0 aliphatic heterocycles. The lowest BCUT2D eigenvalue weighted by atomic mass is 10.3. The molecule has 1 aromatic heterocycles. The van der Waals surface area contributed by atoms with Crippen LogP contribution in [0, 0.1) is 0 Å². The first kappa shape index (κ1) is 15.5. The molecule has 2 rings (SSSR count). The number of hydrogen-bond acceptors (Lipinski definition) is 3. The zero-order chi connectivity index (χ0) is 14.7. The normalized spacial score (nSPS) is 11.0. The third-order valence-electron chi connectivity index (χ3n) is 3.01. The molecule has 1 aromatic carbocycles. The van der Waals surface area contributed by atoms with Gasteiger partial charge in [0.05, 0.1) is 21.4 Å². The van der Waals surface area contributed by atoms with Gasteiger partial charge in [-0.3, -0.25) is 4.68 Å². The summed E-state index contributed by atoms with van der Waals surface area (Å²) in [5.41, 5.74) is 8.36. The fourth-order valence-corrected chi connectivity index (χ4v) is 3.65. The van der Waals surface area contributed by atoms with Crippen LogP contribution in [-0.2, 0) is 18.7 Å². The number of nitrogens with zero attached hydrogens (tertiary/aromatic N) is 2. The molecule has 2 N–H and O–H groups in total. The zero-order valence-electron chi connectivity index (χ0n) is 11.5. The molecule has 2 aromatic rings. The molecular formula is C14H17Cl2N3S. The van der Waals surface area contributed by atoms with Crippen molar-refractivity contribution in [2.24, 2.45) is 0 Å². The van der Waals surface area contributed by atoms with Crippen molar-refractivity contribution >= 4 is 40.7 Å². The van der Waals surface area contributed by atoms with Crippen molar-refractivity contribution < 1.29 is 0 Å². The van der Waals surface area contributed by atoms with Crippen LogP contribution in [-0.4, -0.2) is 9.78 Å². The van der Waals surface area contributed by atoms with Crippen LogP contribution in [0.4, 0.5) is 5.69 Å². The smallest absolute Gasteiger partial charge is 0.0858 e. The van der Waals surface area contributed by atoms with E-state index in [1.165, 1.54) is 0 Å². The predicted molar refractivity (Wildman–Crippen MR) is 87.7 cm³/mol. The Morgan fingerprint density at radius 3 is 2.65 bits per heavy atom. The highest BCUT2D eigenvalue weighted by atomic mass is 35.5. The highest BCUT2D eigenvalue weighted by molar-refractivity contribution is 7.98. The number of benzene rings is 1. The maximum Gasteiger partial charge on any atom is 0.0858 e. The monoisotopic (exact) mass is 329 g/mol. The fraction of sp³-hybridized carbons (Fsp3) is 0.357. The second-order valence-electron chi connectivity index (χ2n) is 4.36. The molecule has 0 radical (unpaired) electrons. The van der Waals surface area contributed by atoms with E-state index in [0.717, 1.165) is 40.0 Å². The number of anilines is 1. The molecule has 0 saturated heterocycles. The number of aryl methyl sites for hydroxylation is 2. The quantitative estimate of drug-likeness (QED) is 0.641. The summed E-state index contributed by atoms with van der Waals surface area (Å²) in [6, 6.07) is 5.55. The van der Waals surface area contributed by atoms with Crippen LogP contribution in [0.5, 0.6) is 0 Å². The molecule has 0 unspecified atom stereocenters. The number of aromatic nitrogens is 2. The molecule has 6 heteroatoms. The first-order chi connectivity index (χ1) is 9.56. The van der Waals surface area contributed by atoms with E-state index < -0.39 is 0 Å². The summed E-state index contributed by atoms with van der Waals surface area (Å²) >= 11 is 14.2. The standard InChI is InChI=1S/C14H17Cl2N3S/c1-3-11-14(16)12(19(4-2)18-11)8-20-13-6-5-9(17)7-10(13)15/h5-7H,3-4,8,17H2,1-2H3. The minimum atomic E-state index is 0.671. The summed E-state index contributed by atoms with van der Waals surface area (Å²) in [5.74, 6) is 0.739. The first-order valence-corrected chi connectivity index (χ1v) is 8.22.